The molecule has 4 aromatic heterocycles. The van der Waals surface area contributed by atoms with Gasteiger partial charge in [-0.3, -0.25) is 0 Å². The molecule has 0 fully saturated rings. The first-order valence-corrected chi connectivity index (χ1v) is 11.0. The van der Waals surface area contributed by atoms with Gasteiger partial charge < -0.3 is 33.5 Å². The highest BCUT2D eigenvalue weighted by molar-refractivity contribution is 5.86. The van der Waals surface area contributed by atoms with Crippen molar-refractivity contribution < 1.29 is 38.3 Å². The number of aromatic nitrogens is 4. The number of pyridine rings is 4. The lowest BCUT2D eigenvalue weighted by Gasteiger charge is -2.10. The maximum absolute atomic E-state index is 10.8. The second kappa shape index (κ2) is 13.6. The lowest BCUT2D eigenvalue weighted by molar-refractivity contribution is 0.0690. The Morgan fingerprint density at radius 1 is 0.692 bits per heavy atom. The fourth-order valence-corrected chi connectivity index (χ4v) is 2.85. The Bertz CT molecular complexity index is 1440. The van der Waals surface area contributed by atoms with E-state index in [1.54, 1.807) is 24.3 Å². The summed E-state index contributed by atoms with van der Waals surface area (Å²) in [4.78, 5) is 26.5. The molecule has 0 radical (unpaired) electrons. The van der Waals surface area contributed by atoms with Crippen LogP contribution >= 0.6 is 0 Å². The van der Waals surface area contributed by atoms with Gasteiger partial charge in [-0.1, -0.05) is 0 Å². The molecule has 0 atom stereocenters. The van der Waals surface area contributed by atoms with Crippen molar-refractivity contribution in [3.05, 3.63) is 72.6 Å². The molecule has 1 N–H and O–H groups in total. The van der Waals surface area contributed by atoms with E-state index in [-0.39, 0.29) is 17.1 Å². The normalized spacial score (nSPS) is 9.72. The number of nitrogens with zero attached hydrogens (tertiary/aromatic N) is 5. The van der Waals surface area contributed by atoms with E-state index in [2.05, 4.69) is 19.9 Å². The zero-order chi connectivity index (χ0) is 28.2. The number of rotatable bonds is 9. The highest BCUT2D eigenvalue weighted by Gasteiger charge is 2.13. The van der Waals surface area contributed by atoms with Gasteiger partial charge in [0, 0.05) is 24.3 Å². The van der Waals surface area contributed by atoms with E-state index in [0.717, 1.165) is 0 Å². The highest BCUT2D eigenvalue weighted by Crippen LogP contribution is 2.32. The molecule has 0 aliphatic carbocycles. The van der Waals surface area contributed by atoms with E-state index < -0.39 is 5.97 Å². The van der Waals surface area contributed by atoms with E-state index in [0.29, 0.717) is 40.5 Å². The van der Waals surface area contributed by atoms with Gasteiger partial charge in [-0.15, -0.1) is 0 Å². The first-order chi connectivity index (χ1) is 18.9. The second-order valence-corrected chi connectivity index (χ2v) is 7.13. The minimum absolute atomic E-state index is 0.123. The van der Waals surface area contributed by atoms with Crippen molar-refractivity contribution in [1.82, 2.24) is 19.9 Å². The fourth-order valence-electron chi connectivity index (χ4n) is 2.85. The largest absolute Gasteiger partial charge is 0.493 e. The van der Waals surface area contributed by atoms with Gasteiger partial charge in [-0.2, -0.15) is 5.26 Å². The number of carboxylic acids is 1. The van der Waals surface area contributed by atoms with E-state index in [1.807, 2.05) is 6.07 Å². The minimum atomic E-state index is -1.14. The SMILES string of the molecule is COc1ccc(Oc2cnc(C#N)cc2OC)cn1.COc1ccc(Oc2cnc(C(=O)O)cc2OC)cn1. The summed E-state index contributed by atoms with van der Waals surface area (Å²) >= 11 is 0. The van der Waals surface area contributed by atoms with Crippen LogP contribution in [0, 0.1) is 11.3 Å². The molecule has 4 rings (SSSR count). The van der Waals surface area contributed by atoms with Gasteiger partial charge in [0.15, 0.2) is 28.7 Å². The summed E-state index contributed by atoms with van der Waals surface area (Å²) in [5.41, 5.74) is 0.138. The first kappa shape index (κ1) is 27.9. The minimum Gasteiger partial charge on any atom is -0.493 e. The maximum atomic E-state index is 10.8. The number of ether oxygens (including phenoxy) is 6. The molecule has 0 bridgehead atoms. The number of hydrogen-bond acceptors (Lipinski definition) is 12. The number of aromatic carboxylic acids is 1. The van der Waals surface area contributed by atoms with Crippen molar-refractivity contribution >= 4 is 5.97 Å². The van der Waals surface area contributed by atoms with Crippen molar-refractivity contribution in [3.63, 3.8) is 0 Å². The Labute approximate surface area is 223 Å². The summed E-state index contributed by atoms with van der Waals surface area (Å²) in [6.07, 6.45) is 5.72. The average molecular weight is 533 g/mol. The molecule has 13 nitrogen and oxygen atoms in total. The predicted octanol–water partition coefficient (Wildman–Crippen LogP) is 4.14. The lowest BCUT2D eigenvalue weighted by atomic mass is 10.3. The molecule has 0 saturated heterocycles. The topological polar surface area (TPSA) is 168 Å². The highest BCUT2D eigenvalue weighted by atomic mass is 16.5. The van der Waals surface area contributed by atoms with Crippen molar-refractivity contribution in [3.8, 4) is 52.3 Å². The predicted molar refractivity (Wildman–Crippen MR) is 135 cm³/mol. The van der Waals surface area contributed by atoms with Gasteiger partial charge in [0.1, 0.15) is 23.3 Å². The van der Waals surface area contributed by atoms with E-state index in [1.165, 1.54) is 65.4 Å². The third-order valence-corrected chi connectivity index (χ3v) is 4.73. The van der Waals surface area contributed by atoms with Gasteiger partial charge in [-0.05, 0) is 12.1 Å². The molecule has 39 heavy (non-hydrogen) atoms. The first-order valence-electron chi connectivity index (χ1n) is 11.0. The van der Waals surface area contributed by atoms with Crippen LogP contribution in [0.25, 0.3) is 0 Å². The van der Waals surface area contributed by atoms with Crippen LogP contribution in [0.4, 0.5) is 0 Å². The van der Waals surface area contributed by atoms with Crippen molar-refractivity contribution in [1.29, 1.82) is 5.26 Å². The molecule has 0 amide bonds. The summed E-state index contributed by atoms with van der Waals surface area (Å²) in [7, 11) is 5.96. The van der Waals surface area contributed by atoms with Crippen LogP contribution in [0.15, 0.2) is 61.2 Å². The number of hydrogen-bond donors (Lipinski definition) is 1. The summed E-state index contributed by atoms with van der Waals surface area (Å²) in [6, 6.07) is 11.4. The van der Waals surface area contributed by atoms with Crippen molar-refractivity contribution in [2.24, 2.45) is 0 Å². The van der Waals surface area contributed by atoms with Gasteiger partial charge in [0.05, 0.1) is 53.2 Å². The molecule has 4 aromatic rings. The van der Waals surface area contributed by atoms with Gasteiger partial charge in [-0.25, -0.2) is 24.7 Å². The van der Waals surface area contributed by atoms with Crippen molar-refractivity contribution in [2.45, 2.75) is 0 Å². The van der Waals surface area contributed by atoms with Gasteiger partial charge >= 0.3 is 5.97 Å². The Hall–Kier alpha value is -5.64. The number of carboxylic acid groups (broad SMARTS) is 1. The molecular weight excluding hydrogens is 510 g/mol. The van der Waals surface area contributed by atoms with Crippen LogP contribution in [0.1, 0.15) is 16.2 Å². The molecule has 0 saturated carbocycles. The maximum Gasteiger partial charge on any atom is 0.354 e. The Balaban J connectivity index is 0.000000216. The zero-order valence-corrected chi connectivity index (χ0v) is 21.3. The number of carbonyl (C=O) groups is 1. The molecule has 0 aromatic carbocycles. The third kappa shape index (κ3) is 7.67. The molecule has 200 valence electrons. The molecule has 0 aliphatic rings. The zero-order valence-electron chi connectivity index (χ0n) is 21.3. The average Bonchev–Trinajstić information content (AvgIpc) is 2.98. The van der Waals surface area contributed by atoms with Crippen LogP contribution in [0.3, 0.4) is 0 Å². The number of nitriles is 1. The van der Waals surface area contributed by atoms with Crippen LogP contribution in [0.2, 0.25) is 0 Å². The van der Waals surface area contributed by atoms with E-state index in [4.69, 9.17) is 38.8 Å². The van der Waals surface area contributed by atoms with Crippen LogP contribution < -0.4 is 28.4 Å². The Morgan fingerprint density at radius 3 is 1.62 bits per heavy atom. The summed E-state index contributed by atoms with van der Waals surface area (Å²) < 4.78 is 31.2. The van der Waals surface area contributed by atoms with E-state index in [9.17, 15) is 4.79 Å². The summed E-state index contributed by atoms with van der Waals surface area (Å²) in [5, 5.41) is 17.6. The quantitative estimate of drug-likeness (QED) is 0.326. The van der Waals surface area contributed by atoms with Gasteiger partial charge in [0.2, 0.25) is 11.8 Å². The van der Waals surface area contributed by atoms with Crippen LogP contribution in [-0.4, -0.2) is 59.5 Å². The molecule has 0 aliphatic heterocycles. The summed E-state index contributed by atoms with van der Waals surface area (Å²) in [6.45, 7) is 0. The Kier molecular flexibility index (Phi) is 9.75. The second-order valence-electron chi connectivity index (χ2n) is 7.13. The Morgan fingerprint density at radius 2 is 1.21 bits per heavy atom. The van der Waals surface area contributed by atoms with E-state index >= 15 is 0 Å². The standard InChI is InChI=1S/C13H11N3O3.C13H12N2O5/c1-17-11-5-9(6-14)15-8-12(11)19-10-3-4-13(18-2)16-7-10;1-18-10-5-9(13(16)17)14-7-11(10)20-8-3-4-12(19-2)15-6-8/h3-5,7-8H,1-2H3;3-7H,1-2H3,(H,16,17). The molecule has 0 spiro atoms. The van der Waals surface area contributed by atoms with Crippen LogP contribution in [-0.2, 0) is 0 Å². The lowest BCUT2D eigenvalue weighted by Crippen LogP contribution is -2.01. The van der Waals surface area contributed by atoms with Crippen molar-refractivity contribution in [2.75, 3.05) is 28.4 Å². The fraction of sp³-hybridized carbons (Fsp3) is 0.154. The van der Waals surface area contributed by atoms with Crippen LogP contribution in [0.5, 0.6) is 46.3 Å². The smallest absolute Gasteiger partial charge is 0.354 e. The third-order valence-electron chi connectivity index (χ3n) is 4.73. The number of methoxy groups -OCH3 is 4. The summed E-state index contributed by atoms with van der Waals surface area (Å²) in [5.74, 6) is 2.20. The molecule has 0 unspecified atom stereocenters. The molecule has 4 heterocycles. The molecular formula is C26H23N5O8. The molecule has 13 heteroatoms. The van der Waals surface area contributed by atoms with Gasteiger partial charge in [0.25, 0.3) is 0 Å². The monoisotopic (exact) mass is 533 g/mol.